The zero-order valence-corrected chi connectivity index (χ0v) is 18.3. The first-order valence-electron chi connectivity index (χ1n) is 11.3. The minimum Gasteiger partial charge on any atom is -0.481 e. The minimum atomic E-state index is -0.931. The van der Waals surface area contributed by atoms with Crippen molar-refractivity contribution >= 4 is 23.7 Å². The predicted octanol–water partition coefficient (Wildman–Crippen LogP) is 4.62. The topological polar surface area (TPSA) is 118 Å². The van der Waals surface area contributed by atoms with Crippen LogP contribution in [0.4, 0.5) is 10.5 Å². The van der Waals surface area contributed by atoms with Crippen molar-refractivity contribution in [2.75, 3.05) is 11.9 Å². The minimum absolute atomic E-state index is 0.0828. The summed E-state index contributed by atoms with van der Waals surface area (Å²) in [6.07, 6.45) is 2.41. The average Bonchev–Trinajstić information content (AvgIpc) is 3.55. The van der Waals surface area contributed by atoms with Gasteiger partial charge in [0.15, 0.2) is 0 Å². The van der Waals surface area contributed by atoms with Crippen LogP contribution in [0.25, 0.3) is 11.1 Å². The molecule has 0 aliphatic heterocycles. The summed E-state index contributed by atoms with van der Waals surface area (Å²) in [5.41, 5.74) is 4.63. The number of amides is 2. The fourth-order valence-corrected chi connectivity index (χ4v) is 4.99. The van der Waals surface area contributed by atoms with Gasteiger partial charge in [0.25, 0.3) is 5.91 Å². The van der Waals surface area contributed by atoms with E-state index in [1.54, 1.807) is 0 Å². The van der Waals surface area contributed by atoms with E-state index in [-0.39, 0.29) is 24.0 Å². The van der Waals surface area contributed by atoms with E-state index in [2.05, 4.69) is 22.8 Å². The third-order valence-electron chi connectivity index (χ3n) is 6.60. The van der Waals surface area contributed by atoms with Gasteiger partial charge in [-0.25, -0.2) is 4.79 Å². The molecule has 34 heavy (non-hydrogen) atoms. The molecule has 2 aliphatic carbocycles. The maximum Gasteiger partial charge on any atom is 0.411 e. The molecule has 3 N–H and O–H groups in total. The van der Waals surface area contributed by atoms with Crippen molar-refractivity contribution in [2.24, 2.45) is 5.92 Å². The number of hydrogen-bond acceptors (Lipinski definition) is 5. The summed E-state index contributed by atoms with van der Waals surface area (Å²) in [5, 5.41) is 14.6. The van der Waals surface area contributed by atoms with Crippen LogP contribution in [-0.4, -0.2) is 35.7 Å². The Morgan fingerprint density at radius 2 is 1.65 bits per heavy atom. The molecule has 0 saturated heterocycles. The van der Waals surface area contributed by atoms with Crippen LogP contribution in [0.3, 0.4) is 0 Å². The van der Waals surface area contributed by atoms with Crippen LogP contribution < -0.4 is 10.6 Å². The highest BCUT2D eigenvalue weighted by atomic mass is 16.5. The molecule has 3 aromatic rings. The quantitative estimate of drug-likeness (QED) is 0.494. The zero-order chi connectivity index (χ0) is 23.7. The Morgan fingerprint density at radius 3 is 2.32 bits per heavy atom. The number of aliphatic carboxylic acids is 1. The van der Waals surface area contributed by atoms with Crippen molar-refractivity contribution in [3.05, 3.63) is 77.7 Å². The van der Waals surface area contributed by atoms with Crippen molar-refractivity contribution in [2.45, 2.75) is 31.2 Å². The van der Waals surface area contributed by atoms with Gasteiger partial charge in [-0.05, 0) is 35.1 Å². The van der Waals surface area contributed by atoms with Crippen molar-refractivity contribution in [3.63, 3.8) is 0 Å². The van der Waals surface area contributed by atoms with E-state index in [1.165, 1.54) is 12.3 Å². The van der Waals surface area contributed by atoms with Crippen LogP contribution in [0.15, 0.2) is 65.3 Å². The number of benzene rings is 2. The van der Waals surface area contributed by atoms with Crippen LogP contribution in [0.1, 0.15) is 46.9 Å². The molecule has 1 aromatic heterocycles. The van der Waals surface area contributed by atoms with Crippen molar-refractivity contribution in [1.82, 2.24) is 5.32 Å². The molecule has 1 heterocycles. The highest BCUT2D eigenvalue weighted by Crippen LogP contribution is 2.44. The first-order valence-corrected chi connectivity index (χ1v) is 11.3. The smallest absolute Gasteiger partial charge is 0.411 e. The van der Waals surface area contributed by atoms with E-state index in [0.717, 1.165) is 28.7 Å². The summed E-state index contributed by atoms with van der Waals surface area (Å²) in [4.78, 5) is 36.6. The van der Waals surface area contributed by atoms with Gasteiger partial charge in [-0.15, -0.1) is 0 Å². The highest BCUT2D eigenvalue weighted by molar-refractivity contribution is 6.00. The van der Waals surface area contributed by atoms with Crippen LogP contribution in [0, 0.1) is 5.92 Å². The first kappa shape index (κ1) is 21.8. The second-order valence-corrected chi connectivity index (χ2v) is 8.57. The Morgan fingerprint density at radius 1 is 0.971 bits per heavy atom. The lowest BCUT2D eigenvalue weighted by molar-refractivity contribution is -0.142. The number of hydrogen-bond donors (Lipinski definition) is 3. The molecule has 1 fully saturated rings. The molecule has 0 radical (unpaired) electrons. The van der Waals surface area contributed by atoms with Crippen LogP contribution in [0.2, 0.25) is 0 Å². The monoisotopic (exact) mass is 460 g/mol. The van der Waals surface area contributed by atoms with Gasteiger partial charge in [0.2, 0.25) is 5.76 Å². The van der Waals surface area contributed by atoms with E-state index in [4.69, 9.17) is 9.15 Å². The van der Waals surface area contributed by atoms with Gasteiger partial charge in [0.05, 0.1) is 17.9 Å². The standard InChI is InChI=1S/C26H24N2O6/c29-24(27-21-11-5-10-19(21)25(30)31)23-22(12-13-33-23)28-26(32)34-14-20-17-8-3-1-6-15(17)16-7-2-4-9-18(16)20/h1-4,6-9,12-13,19-21H,5,10-11,14H2,(H,27,29)(H,28,32)(H,30,31)/t19-,21+/m0/s1. The number of anilines is 1. The Hall–Kier alpha value is -4.07. The number of fused-ring (bicyclic) bond motifs is 3. The summed E-state index contributed by atoms with van der Waals surface area (Å²) in [5.74, 6) is -2.31. The summed E-state index contributed by atoms with van der Waals surface area (Å²) >= 11 is 0. The van der Waals surface area contributed by atoms with Gasteiger partial charge in [-0.3, -0.25) is 14.9 Å². The lowest BCUT2D eigenvalue weighted by Gasteiger charge is -2.17. The van der Waals surface area contributed by atoms with Crippen molar-refractivity contribution < 1.29 is 28.6 Å². The Balaban J connectivity index is 1.23. The zero-order valence-electron chi connectivity index (χ0n) is 18.3. The second kappa shape index (κ2) is 9.05. The molecule has 2 atom stereocenters. The van der Waals surface area contributed by atoms with Crippen LogP contribution in [0.5, 0.6) is 0 Å². The molecule has 2 aromatic carbocycles. The van der Waals surface area contributed by atoms with Gasteiger partial charge in [0.1, 0.15) is 6.61 Å². The fraction of sp³-hybridized carbons (Fsp3) is 0.269. The molecular weight excluding hydrogens is 436 g/mol. The molecule has 174 valence electrons. The molecule has 0 spiro atoms. The van der Waals surface area contributed by atoms with Gasteiger partial charge in [-0.2, -0.15) is 0 Å². The Labute approximate surface area is 195 Å². The predicted molar refractivity (Wildman–Crippen MR) is 124 cm³/mol. The number of furan rings is 1. The van der Waals surface area contributed by atoms with E-state index in [1.807, 2.05) is 36.4 Å². The number of ether oxygens (including phenoxy) is 1. The number of nitrogens with one attached hydrogen (secondary N) is 2. The third kappa shape index (κ3) is 4.03. The normalized spacial score (nSPS) is 18.7. The Bertz CT molecular complexity index is 1200. The van der Waals surface area contributed by atoms with Gasteiger partial charge in [-0.1, -0.05) is 55.0 Å². The maximum absolute atomic E-state index is 12.7. The molecule has 1 saturated carbocycles. The molecule has 8 heteroatoms. The summed E-state index contributed by atoms with van der Waals surface area (Å²) in [6, 6.07) is 17.1. The van der Waals surface area contributed by atoms with Crippen LogP contribution in [-0.2, 0) is 9.53 Å². The molecule has 0 unspecified atom stereocenters. The van der Waals surface area contributed by atoms with Gasteiger partial charge < -0.3 is 19.6 Å². The lowest BCUT2D eigenvalue weighted by Crippen LogP contribution is -2.40. The molecule has 2 amide bonds. The molecule has 5 rings (SSSR count). The SMILES string of the molecule is O=C(Nc1ccoc1C(=O)N[C@@H]1CCC[C@@H]1C(=O)O)OCC1c2ccccc2-c2ccccc21. The number of carbonyl (C=O) groups excluding carboxylic acids is 2. The number of carbonyl (C=O) groups is 3. The van der Waals surface area contributed by atoms with E-state index >= 15 is 0 Å². The molecular formula is C26H24N2O6. The molecule has 8 nitrogen and oxygen atoms in total. The Kier molecular flexibility index (Phi) is 5.79. The highest BCUT2D eigenvalue weighted by Gasteiger charge is 2.35. The number of rotatable bonds is 6. The maximum atomic E-state index is 12.7. The molecule has 0 bridgehead atoms. The van der Waals surface area contributed by atoms with E-state index in [0.29, 0.717) is 12.8 Å². The first-order chi connectivity index (χ1) is 16.5. The largest absolute Gasteiger partial charge is 0.481 e. The third-order valence-corrected chi connectivity index (χ3v) is 6.60. The summed E-state index contributed by atoms with van der Waals surface area (Å²) < 4.78 is 10.8. The second-order valence-electron chi connectivity index (χ2n) is 8.57. The van der Waals surface area contributed by atoms with Crippen molar-refractivity contribution in [3.8, 4) is 11.1 Å². The lowest BCUT2D eigenvalue weighted by atomic mass is 9.98. The van der Waals surface area contributed by atoms with Gasteiger partial charge >= 0.3 is 12.1 Å². The number of carboxylic acids is 1. The van der Waals surface area contributed by atoms with Crippen LogP contribution >= 0.6 is 0 Å². The molecule has 2 aliphatic rings. The van der Waals surface area contributed by atoms with E-state index < -0.39 is 29.9 Å². The average molecular weight is 460 g/mol. The summed E-state index contributed by atoms with van der Waals surface area (Å²) in [6.45, 7) is 0.140. The van der Waals surface area contributed by atoms with E-state index in [9.17, 15) is 19.5 Å². The summed E-state index contributed by atoms with van der Waals surface area (Å²) in [7, 11) is 0. The fourth-order valence-electron chi connectivity index (χ4n) is 4.99. The van der Waals surface area contributed by atoms with Crippen molar-refractivity contribution in [1.29, 1.82) is 0 Å². The number of carboxylic acid groups (broad SMARTS) is 1. The van der Waals surface area contributed by atoms with Gasteiger partial charge in [0, 0.05) is 18.0 Å².